The molecule has 0 atom stereocenters. The molecule has 2 aliphatic heterocycles. The number of carbonyl (C=O) groups excluding carboxylic acids is 3. The van der Waals surface area contributed by atoms with Gasteiger partial charge in [-0.1, -0.05) is 74.5 Å². The Balaban J connectivity index is 0.992. The van der Waals surface area contributed by atoms with Crippen molar-refractivity contribution >= 4 is 71.9 Å². The first kappa shape index (κ1) is 62.6. The number of carbonyl (C=O) groups is 3. The average Bonchev–Trinajstić information content (AvgIpc) is 2.00. The van der Waals surface area contributed by atoms with Crippen molar-refractivity contribution in [3.63, 3.8) is 0 Å². The van der Waals surface area contributed by atoms with Gasteiger partial charge in [-0.05, 0) is 156 Å². The first-order valence-electron chi connectivity index (χ1n) is 27.6. The summed E-state index contributed by atoms with van der Waals surface area (Å²) >= 11 is 7.03. The van der Waals surface area contributed by atoms with E-state index < -0.39 is 41.1 Å². The zero-order chi connectivity index (χ0) is 59.4. The maximum atomic E-state index is 16.2. The van der Waals surface area contributed by atoms with E-state index in [0.717, 1.165) is 73.1 Å². The summed E-state index contributed by atoms with van der Waals surface area (Å²) in [4.78, 5) is 43.0. The van der Waals surface area contributed by atoms with Gasteiger partial charge in [-0.3, -0.25) is 4.79 Å². The number of benzene rings is 6. The Morgan fingerprint density at radius 1 is 0.798 bits per heavy atom. The number of fused-ring (bicyclic) bond motifs is 1. The minimum atomic E-state index is -1.15. The highest BCUT2D eigenvalue weighted by molar-refractivity contribution is 8.02. The van der Waals surface area contributed by atoms with Crippen molar-refractivity contribution in [3.05, 3.63) is 189 Å². The maximum absolute atomic E-state index is 16.2. The summed E-state index contributed by atoms with van der Waals surface area (Å²) < 4.78 is 92.3. The van der Waals surface area contributed by atoms with Crippen LogP contribution in [0.5, 0.6) is 34.5 Å². The molecule has 18 heteroatoms. The molecule has 0 N–H and O–H groups in total. The minimum absolute atomic E-state index is 0.00567. The van der Waals surface area contributed by atoms with Crippen molar-refractivity contribution in [1.29, 1.82) is 0 Å². The van der Waals surface area contributed by atoms with E-state index in [0.29, 0.717) is 95.2 Å². The van der Waals surface area contributed by atoms with E-state index >= 15 is 8.78 Å². The third-order valence-electron chi connectivity index (χ3n) is 13.8. The number of esters is 3. The lowest BCUT2D eigenvalue weighted by molar-refractivity contribution is -0.150. The number of aryl methyl sites for hydroxylation is 2. The molecule has 0 radical (unpaired) electrons. The van der Waals surface area contributed by atoms with Crippen LogP contribution in [-0.4, -0.2) is 69.6 Å². The number of nitrogens with zero attached hydrogens (tertiary/aromatic N) is 1. The highest BCUT2D eigenvalue weighted by Crippen LogP contribution is 2.42. The Labute approximate surface area is 501 Å². The zero-order valence-electron chi connectivity index (χ0n) is 46.9. The molecule has 438 valence electrons. The zero-order valence-corrected chi connectivity index (χ0v) is 49.4. The fourth-order valence-corrected chi connectivity index (χ4v) is 11.0. The molecule has 0 bridgehead atoms. The lowest BCUT2D eigenvalue weighted by Gasteiger charge is -2.40. The number of methoxy groups -OCH3 is 1. The number of halogens is 3. The fraction of sp³-hybridized carbons (Fsp3) is 0.303. The molecule has 84 heavy (non-hydrogen) atoms. The second-order valence-corrected chi connectivity index (χ2v) is 22.6. The summed E-state index contributed by atoms with van der Waals surface area (Å²) in [5.74, 6) is -2.13. The second-order valence-electron chi connectivity index (χ2n) is 19.9. The Morgan fingerprint density at radius 2 is 1.57 bits per heavy atom. The molecule has 12 nitrogen and oxygen atoms in total. The van der Waals surface area contributed by atoms with Crippen molar-refractivity contribution in [1.82, 2.24) is 0 Å². The normalized spacial score (nSPS) is 13.9. The van der Waals surface area contributed by atoms with Crippen molar-refractivity contribution in [2.45, 2.75) is 75.9 Å². The van der Waals surface area contributed by atoms with Crippen LogP contribution in [0.25, 0.3) is 28.1 Å². The Morgan fingerprint density at radius 3 is 2.27 bits per heavy atom. The van der Waals surface area contributed by atoms with Gasteiger partial charge in [0.1, 0.15) is 23.1 Å². The molecule has 8 rings (SSSR count). The molecule has 1 saturated heterocycles. The molecular formula is C66H64F3NO11S3. The molecule has 0 saturated carbocycles. The van der Waals surface area contributed by atoms with E-state index in [1.54, 1.807) is 66.8 Å². The number of allylic oxidation sites excluding steroid dienone is 2. The predicted molar refractivity (Wildman–Crippen MR) is 325 cm³/mol. The van der Waals surface area contributed by atoms with E-state index in [9.17, 15) is 18.8 Å². The Bertz CT molecular complexity index is 3420. The molecule has 0 amide bonds. The van der Waals surface area contributed by atoms with Crippen LogP contribution in [0.15, 0.2) is 131 Å². The molecule has 0 aromatic heterocycles. The van der Waals surface area contributed by atoms with Gasteiger partial charge in [0.15, 0.2) is 28.2 Å². The Hall–Kier alpha value is -7.40. The first-order chi connectivity index (χ1) is 40.8. The number of thioether (sulfide) groups is 2. The summed E-state index contributed by atoms with van der Waals surface area (Å²) in [6.07, 6.45) is 13.2. The third kappa shape index (κ3) is 17.4. The van der Waals surface area contributed by atoms with Crippen molar-refractivity contribution < 1.29 is 65.4 Å². The van der Waals surface area contributed by atoms with Gasteiger partial charge in [-0.15, -0.1) is 11.8 Å². The lowest BCUT2D eigenvalue weighted by atomic mass is 9.84. The SMILES string of the molecule is [C-]#[N+]c1ccc(CCc2ccc3c(c2)CS/C(=C\C=C\c2cc(OC(=O)c4ccc(OCCCOCC5(CC)COC5)cc4)cc(SCC)c2-c2cc(F)c(OC(=O)/C=C/c4ccc(OC(=O)CCCCCS)c(OC)c4)c(F)c2)O3)cc1F. The van der Waals surface area contributed by atoms with Crippen LogP contribution in [0, 0.1) is 29.4 Å². The number of hydrogen-bond donors (Lipinski definition) is 1. The summed E-state index contributed by atoms with van der Waals surface area (Å²) in [6.45, 7) is 14.2. The van der Waals surface area contributed by atoms with E-state index in [2.05, 4.69) is 30.5 Å². The van der Waals surface area contributed by atoms with Gasteiger partial charge in [0.25, 0.3) is 0 Å². The number of hydrogen-bond acceptors (Lipinski definition) is 14. The van der Waals surface area contributed by atoms with Crippen molar-refractivity contribution in [3.8, 4) is 45.6 Å². The van der Waals surface area contributed by atoms with E-state index in [4.69, 9.17) is 44.5 Å². The predicted octanol–water partition coefficient (Wildman–Crippen LogP) is 15.9. The molecule has 0 unspecified atom stereocenters. The van der Waals surface area contributed by atoms with Gasteiger partial charge in [0.05, 0.1) is 45.7 Å². The van der Waals surface area contributed by atoms with E-state index in [1.165, 1.54) is 61.0 Å². The van der Waals surface area contributed by atoms with Crippen LogP contribution in [0.2, 0.25) is 0 Å². The first-order valence-corrected chi connectivity index (χ1v) is 30.2. The van der Waals surface area contributed by atoms with Crippen LogP contribution in [0.4, 0.5) is 18.9 Å². The van der Waals surface area contributed by atoms with Crippen molar-refractivity contribution in [2.24, 2.45) is 5.41 Å². The standard InChI is InChI=1S/C66H64F3NO11S3/c1-5-66(41-76-42-66)40-75-29-11-30-77-50-23-21-46(22-24-50)65(73)78-51-35-47(12-10-14-62-80-56-26-18-43(32-49(56)39-84-62)15-16-44-17-25-55(70-3)52(67)33-44)63(59(38-51)83-6-2)48-36-53(68)64(54(69)37-48)81-61(72)28-20-45-19-27-57(58(34-45)74-4)79-60(71)13-8-7-9-31-82/h10,12,14,17-28,32-38,82H,5-9,11,13,15-16,29-31,39-42H2,1-2,4H3/b12-10+,28-20+,62-14-. The van der Waals surface area contributed by atoms with E-state index in [-0.39, 0.29) is 45.9 Å². The van der Waals surface area contributed by atoms with Crippen molar-refractivity contribution in [2.75, 3.05) is 51.6 Å². The summed E-state index contributed by atoms with van der Waals surface area (Å²) in [7, 11) is 1.41. The molecule has 1 fully saturated rings. The van der Waals surface area contributed by atoms with Gasteiger partial charge in [-0.25, -0.2) is 27.6 Å². The number of thiol groups is 1. The molecule has 6 aromatic rings. The molecular weight excluding hydrogens is 1140 g/mol. The maximum Gasteiger partial charge on any atom is 0.343 e. The molecule has 2 aliphatic rings. The van der Waals surface area contributed by atoms with Gasteiger partial charge < -0.3 is 37.9 Å². The van der Waals surface area contributed by atoms with Gasteiger partial charge >= 0.3 is 17.9 Å². The quantitative estimate of drug-likeness (QED) is 0.00952. The number of ether oxygens (including phenoxy) is 8. The summed E-state index contributed by atoms with van der Waals surface area (Å²) in [6, 6.07) is 27.2. The number of rotatable bonds is 28. The highest BCUT2D eigenvalue weighted by atomic mass is 32.2. The third-order valence-corrected chi connectivity index (χ3v) is 16.0. The van der Waals surface area contributed by atoms with Crippen LogP contribution in [-0.2, 0) is 37.7 Å². The average molecular weight is 1200 g/mol. The molecule has 0 spiro atoms. The summed E-state index contributed by atoms with van der Waals surface area (Å²) in [5, 5.41) is 0.583. The van der Waals surface area contributed by atoms with Crippen LogP contribution in [0.1, 0.15) is 90.5 Å². The van der Waals surface area contributed by atoms with E-state index in [1.807, 2.05) is 19.1 Å². The fourth-order valence-electron chi connectivity index (χ4n) is 9.04. The monoisotopic (exact) mass is 1200 g/mol. The largest absolute Gasteiger partial charge is 0.494 e. The van der Waals surface area contributed by atoms with Crippen LogP contribution in [0.3, 0.4) is 0 Å². The summed E-state index contributed by atoms with van der Waals surface area (Å²) in [5.41, 5.74) is 4.63. The Kier molecular flexibility index (Phi) is 23.1. The van der Waals surface area contributed by atoms with Gasteiger partial charge in [0, 0.05) is 52.7 Å². The van der Waals surface area contributed by atoms with Crippen LogP contribution >= 0.6 is 36.2 Å². The minimum Gasteiger partial charge on any atom is -0.494 e. The van der Waals surface area contributed by atoms with Gasteiger partial charge in [-0.2, -0.15) is 12.6 Å². The lowest BCUT2D eigenvalue weighted by Crippen LogP contribution is -2.45. The molecule has 2 heterocycles. The van der Waals surface area contributed by atoms with Gasteiger partial charge in [0.2, 0.25) is 11.4 Å². The molecule has 6 aromatic carbocycles. The number of unbranched alkanes of at least 4 members (excludes halogenated alkanes) is 2. The second kappa shape index (κ2) is 30.9. The topological polar surface area (TPSA) is 129 Å². The van der Waals surface area contributed by atoms with Crippen LogP contribution < -0.4 is 28.4 Å². The smallest absolute Gasteiger partial charge is 0.343 e. The molecule has 0 aliphatic carbocycles. The highest BCUT2D eigenvalue weighted by Gasteiger charge is 2.37.